The first kappa shape index (κ1) is 16.3. The summed E-state index contributed by atoms with van der Waals surface area (Å²) in [6.45, 7) is 5.70. The molecule has 0 fully saturated rings. The van der Waals surface area contributed by atoms with Crippen LogP contribution in [-0.4, -0.2) is 10.1 Å². The van der Waals surface area contributed by atoms with E-state index >= 15 is 0 Å². The van der Waals surface area contributed by atoms with Gasteiger partial charge in [0.1, 0.15) is 0 Å². The Morgan fingerprint density at radius 3 is 2.64 bits per heavy atom. The van der Waals surface area contributed by atoms with E-state index < -0.39 is 11.7 Å². The second kappa shape index (κ2) is 6.37. The first-order chi connectivity index (χ1) is 10.3. The van der Waals surface area contributed by atoms with Gasteiger partial charge in [0.05, 0.1) is 12.1 Å². The van der Waals surface area contributed by atoms with E-state index in [0.29, 0.717) is 29.7 Å². The largest absolute Gasteiger partial charge is 0.416 e. The molecular formula is C15H18F3N3O. The molecule has 0 aliphatic rings. The van der Waals surface area contributed by atoms with Crippen LogP contribution in [0.1, 0.15) is 36.7 Å². The SMILES string of the molecule is Cc1ccc(NCc2nc(CC(C)C)no2)cc1C(F)(F)F. The summed E-state index contributed by atoms with van der Waals surface area (Å²) in [5, 5.41) is 6.70. The van der Waals surface area contributed by atoms with Crippen molar-refractivity contribution in [1.29, 1.82) is 0 Å². The van der Waals surface area contributed by atoms with Crippen molar-refractivity contribution < 1.29 is 17.7 Å². The molecule has 1 N–H and O–H groups in total. The first-order valence-electron chi connectivity index (χ1n) is 6.99. The Balaban J connectivity index is 2.04. The lowest BCUT2D eigenvalue weighted by atomic mass is 10.1. The molecule has 4 nitrogen and oxygen atoms in total. The lowest BCUT2D eigenvalue weighted by molar-refractivity contribution is -0.138. The number of alkyl halides is 3. The van der Waals surface area contributed by atoms with Crippen molar-refractivity contribution in [3.8, 4) is 0 Å². The molecule has 0 amide bonds. The smallest absolute Gasteiger partial charge is 0.376 e. The standard InChI is InChI=1S/C15H18F3N3O/c1-9(2)6-13-20-14(22-21-13)8-19-11-5-4-10(3)12(7-11)15(16,17)18/h4-5,7,9,19H,6,8H2,1-3H3. The molecule has 0 bridgehead atoms. The number of aromatic nitrogens is 2. The Morgan fingerprint density at radius 2 is 2.00 bits per heavy atom. The third-order valence-corrected chi connectivity index (χ3v) is 3.09. The van der Waals surface area contributed by atoms with Crippen molar-refractivity contribution in [3.05, 3.63) is 41.0 Å². The zero-order valence-corrected chi connectivity index (χ0v) is 12.7. The molecule has 0 unspecified atom stereocenters. The second-order valence-electron chi connectivity index (χ2n) is 5.58. The van der Waals surface area contributed by atoms with Gasteiger partial charge >= 0.3 is 6.18 Å². The van der Waals surface area contributed by atoms with Gasteiger partial charge in [0.2, 0.25) is 5.89 Å². The van der Waals surface area contributed by atoms with Gasteiger partial charge in [0.15, 0.2) is 5.82 Å². The second-order valence-corrected chi connectivity index (χ2v) is 5.58. The maximum atomic E-state index is 12.8. The van der Waals surface area contributed by atoms with Crippen LogP contribution in [0.3, 0.4) is 0 Å². The van der Waals surface area contributed by atoms with Gasteiger partial charge in [-0.2, -0.15) is 18.2 Å². The van der Waals surface area contributed by atoms with Crippen molar-refractivity contribution in [2.24, 2.45) is 5.92 Å². The van der Waals surface area contributed by atoms with Gasteiger partial charge in [-0.25, -0.2) is 0 Å². The van der Waals surface area contributed by atoms with Crippen molar-refractivity contribution in [2.45, 2.75) is 39.9 Å². The van der Waals surface area contributed by atoms with Crippen LogP contribution in [0.25, 0.3) is 0 Å². The predicted molar refractivity (Wildman–Crippen MR) is 76.3 cm³/mol. The lowest BCUT2D eigenvalue weighted by Gasteiger charge is -2.12. The fourth-order valence-corrected chi connectivity index (χ4v) is 2.03. The maximum absolute atomic E-state index is 12.8. The van der Waals surface area contributed by atoms with Gasteiger partial charge in [-0.3, -0.25) is 0 Å². The van der Waals surface area contributed by atoms with E-state index in [9.17, 15) is 13.2 Å². The zero-order chi connectivity index (χ0) is 16.3. The van der Waals surface area contributed by atoms with Gasteiger partial charge < -0.3 is 9.84 Å². The summed E-state index contributed by atoms with van der Waals surface area (Å²) in [5.74, 6) is 1.36. The van der Waals surface area contributed by atoms with Crippen molar-refractivity contribution in [1.82, 2.24) is 10.1 Å². The molecule has 0 aliphatic carbocycles. The molecule has 0 radical (unpaired) electrons. The summed E-state index contributed by atoms with van der Waals surface area (Å²) >= 11 is 0. The number of benzene rings is 1. The molecule has 2 rings (SSSR count). The average molecular weight is 313 g/mol. The van der Waals surface area contributed by atoms with Gasteiger partial charge in [-0.15, -0.1) is 0 Å². The Labute approximate surface area is 126 Å². The molecule has 2 aromatic rings. The number of aryl methyl sites for hydroxylation is 1. The van der Waals surface area contributed by atoms with Crippen LogP contribution in [0, 0.1) is 12.8 Å². The molecule has 0 spiro atoms. The third kappa shape index (κ3) is 4.22. The minimum absolute atomic E-state index is 0.186. The Bertz CT molecular complexity index is 635. The number of halogens is 3. The van der Waals surface area contributed by atoms with E-state index in [-0.39, 0.29) is 12.1 Å². The topological polar surface area (TPSA) is 51.0 Å². The summed E-state index contributed by atoms with van der Waals surface area (Å²) in [6, 6.07) is 4.11. The zero-order valence-electron chi connectivity index (χ0n) is 12.7. The Hall–Kier alpha value is -2.05. The summed E-state index contributed by atoms with van der Waals surface area (Å²) in [4.78, 5) is 4.19. The molecule has 1 aromatic carbocycles. The summed E-state index contributed by atoms with van der Waals surface area (Å²) in [6.07, 6.45) is -3.66. The monoisotopic (exact) mass is 313 g/mol. The molecule has 22 heavy (non-hydrogen) atoms. The third-order valence-electron chi connectivity index (χ3n) is 3.09. The van der Waals surface area contributed by atoms with Crippen molar-refractivity contribution in [3.63, 3.8) is 0 Å². The van der Waals surface area contributed by atoms with E-state index in [1.165, 1.54) is 13.0 Å². The van der Waals surface area contributed by atoms with Crippen LogP contribution in [0.4, 0.5) is 18.9 Å². The van der Waals surface area contributed by atoms with Gasteiger partial charge in [0, 0.05) is 12.1 Å². The minimum Gasteiger partial charge on any atom is -0.376 e. The van der Waals surface area contributed by atoms with Crippen LogP contribution in [0.5, 0.6) is 0 Å². The number of nitrogens with zero attached hydrogens (tertiary/aromatic N) is 2. The van der Waals surface area contributed by atoms with Crippen LogP contribution in [-0.2, 0) is 19.1 Å². The molecule has 1 aromatic heterocycles. The highest BCUT2D eigenvalue weighted by Crippen LogP contribution is 2.33. The van der Waals surface area contributed by atoms with Crippen molar-refractivity contribution >= 4 is 5.69 Å². The number of hydrogen-bond donors (Lipinski definition) is 1. The highest BCUT2D eigenvalue weighted by molar-refractivity contribution is 5.49. The van der Waals surface area contributed by atoms with Gasteiger partial charge in [-0.05, 0) is 30.5 Å². The van der Waals surface area contributed by atoms with Crippen molar-refractivity contribution in [2.75, 3.05) is 5.32 Å². The molecule has 7 heteroatoms. The number of anilines is 1. The fraction of sp³-hybridized carbons (Fsp3) is 0.467. The van der Waals surface area contributed by atoms with Crippen LogP contribution >= 0.6 is 0 Å². The number of nitrogens with one attached hydrogen (secondary N) is 1. The highest BCUT2D eigenvalue weighted by Gasteiger charge is 2.32. The Morgan fingerprint density at radius 1 is 1.27 bits per heavy atom. The van der Waals surface area contributed by atoms with E-state index in [1.54, 1.807) is 6.07 Å². The average Bonchev–Trinajstić information content (AvgIpc) is 2.83. The van der Waals surface area contributed by atoms with Crippen LogP contribution < -0.4 is 5.32 Å². The lowest BCUT2D eigenvalue weighted by Crippen LogP contribution is -2.09. The van der Waals surface area contributed by atoms with E-state index in [0.717, 1.165) is 6.07 Å². The fourth-order valence-electron chi connectivity index (χ4n) is 2.03. The molecule has 1 heterocycles. The van der Waals surface area contributed by atoms with E-state index in [1.807, 2.05) is 13.8 Å². The molecule has 120 valence electrons. The number of hydrogen-bond acceptors (Lipinski definition) is 4. The summed E-state index contributed by atoms with van der Waals surface area (Å²) in [7, 11) is 0. The predicted octanol–water partition coefficient (Wildman–Crippen LogP) is 4.21. The highest BCUT2D eigenvalue weighted by atomic mass is 19.4. The van der Waals surface area contributed by atoms with Crippen LogP contribution in [0.15, 0.2) is 22.7 Å². The first-order valence-corrected chi connectivity index (χ1v) is 6.99. The molecule has 0 atom stereocenters. The summed E-state index contributed by atoms with van der Waals surface area (Å²) < 4.78 is 43.6. The quantitative estimate of drug-likeness (QED) is 0.898. The van der Waals surface area contributed by atoms with Gasteiger partial charge in [0.25, 0.3) is 0 Å². The molecular weight excluding hydrogens is 295 g/mol. The molecule has 0 saturated carbocycles. The normalized spacial score (nSPS) is 12.0. The molecule has 0 aliphatic heterocycles. The van der Waals surface area contributed by atoms with Gasteiger partial charge in [-0.1, -0.05) is 25.1 Å². The van der Waals surface area contributed by atoms with E-state index in [4.69, 9.17) is 4.52 Å². The van der Waals surface area contributed by atoms with Crippen LogP contribution in [0.2, 0.25) is 0 Å². The Kier molecular flexibility index (Phi) is 4.73. The minimum atomic E-state index is -4.36. The summed E-state index contributed by atoms with van der Waals surface area (Å²) in [5.41, 5.74) is -0.0971. The van der Waals surface area contributed by atoms with E-state index in [2.05, 4.69) is 15.5 Å². The maximum Gasteiger partial charge on any atom is 0.416 e. The molecule has 0 saturated heterocycles. The number of rotatable bonds is 5.